The average molecular weight is 452 g/mol. The minimum atomic E-state index is -1.13. The zero-order chi connectivity index (χ0) is 16.0. The van der Waals surface area contributed by atoms with Gasteiger partial charge in [-0.25, -0.2) is 0 Å². The fourth-order valence-corrected chi connectivity index (χ4v) is 3.24. The lowest BCUT2D eigenvalue weighted by atomic mass is 9.96. The molecule has 1 aliphatic carbocycles. The normalized spacial score (nSPS) is 19.3. The number of aliphatic hydroxyl groups is 1. The number of rotatable bonds is 4. The van der Waals surface area contributed by atoms with Crippen LogP contribution in [-0.4, -0.2) is 23.7 Å². The van der Waals surface area contributed by atoms with E-state index in [4.69, 9.17) is 17.3 Å². The molecule has 1 aliphatic rings. The maximum Gasteiger partial charge on any atom is 0.188 e. The number of halogens is 2. The Morgan fingerprint density at radius 2 is 1.91 bits per heavy atom. The lowest BCUT2D eigenvalue weighted by molar-refractivity contribution is 0.0674. The quantitative estimate of drug-likeness (QED) is 0.282. The summed E-state index contributed by atoms with van der Waals surface area (Å²) in [4.78, 5) is 4.31. The number of nitrogens with zero attached hydrogens (tertiary/aromatic N) is 1. The molecule has 1 saturated carbocycles. The third kappa shape index (κ3) is 6.47. The van der Waals surface area contributed by atoms with E-state index >= 15 is 0 Å². The maximum atomic E-state index is 10.6. The van der Waals surface area contributed by atoms with Crippen LogP contribution >= 0.6 is 35.6 Å². The van der Waals surface area contributed by atoms with E-state index in [-0.39, 0.29) is 30.5 Å². The van der Waals surface area contributed by atoms with Gasteiger partial charge in [-0.2, -0.15) is 0 Å². The van der Waals surface area contributed by atoms with Crippen LogP contribution in [0.5, 0.6) is 0 Å². The predicted octanol–water partition coefficient (Wildman–Crippen LogP) is 3.79. The Labute approximate surface area is 160 Å². The van der Waals surface area contributed by atoms with E-state index in [1.807, 2.05) is 18.2 Å². The number of aliphatic imine (C=N–C) groups is 1. The van der Waals surface area contributed by atoms with E-state index in [1.165, 1.54) is 25.7 Å². The van der Waals surface area contributed by atoms with Gasteiger partial charge in [-0.3, -0.25) is 4.99 Å². The van der Waals surface area contributed by atoms with Crippen LogP contribution in [0, 0.1) is 0 Å². The van der Waals surface area contributed by atoms with E-state index in [1.54, 1.807) is 13.0 Å². The lowest BCUT2D eigenvalue weighted by Gasteiger charge is -2.24. The van der Waals surface area contributed by atoms with E-state index in [9.17, 15) is 5.11 Å². The zero-order valence-electron chi connectivity index (χ0n) is 13.6. The number of guanidine groups is 1. The number of nitrogens with two attached hydrogens (primary N) is 1. The number of hydrogen-bond acceptors (Lipinski definition) is 2. The molecule has 23 heavy (non-hydrogen) atoms. The third-order valence-electron chi connectivity index (χ3n) is 4.22. The largest absolute Gasteiger partial charge is 0.383 e. The van der Waals surface area contributed by atoms with Crippen molar-refractivity contribution < 1.29 is 5.11 Å². The van der Waals surface area contributed by atoms with Crippen LogP contribution in [0.2, 0.25) is 5.02 Å². The van der Waals surface area contributed by atoms with Crippen molar-refractivity contribution in [1.82, 2.24) is 5.32 Å². The molecule has 1 atom stereocenters. The third-order valence-corrected chi connectivity index (χ3v) is 4.55. The highest BCUT2D eigenvalue weighted by atomic mass is 127. The monoisotopic (exact) mass is 451 g/mol. The molecule has 1 aromatic carbocycles. The SMILES string of the molecule is CC(O)(CN=C(N)NC1CCCCCC1)c1ccccc1Cl.I. The van der Waals surface area contributed by atoms with Gasteiger partial charge >= 0.3 is 0 Å². The zero-order valence-corrected chi connectivity index (χ0v) is 16.7. The van der Waals surface area contributed by atoms with Gasteiger partial charge in [-0.05, 0) is 25.8 Å². The summed E-state index contributed by atoms with van der Waals surface area (Å²) in [7, 11) is 0. The molecule has 0 heterocycles. The highest BCUT2D eigenvalue weighted by Crippen LogP contribution is 2.28. The first kappa shape index (κ1) is 20.5. The Hall–Kier alpha value is -0.530. The van der Waals surface area contributed by atoms with Crippen LogP contribution in [0.15, 0.2) is 29.3 Å². The molecule has 1 aromatic rings. The van der Waals surface area contributed by atoms with Gasteiger partial charge in [0.25, 0.3) is 0 Å². The first-order valence-electron chi connectivity index (χ1n) is 8.03. The van der Waals surface area contributed by atoms with Crippen molar-refractivity contribution in [3.63, 3.8) is 0 Å². The summed E-state index contributed by atoms with van der Waals surface area (Å²) < 4.78 is 0. The molecule has 0 saturated heterocycles. The van der Waals surface area contributed by atoms with E-state index in [0.717, 1.165) is 12.8 Å². The molecule has 0 aliphatic heterocycles. The van der Waals surface area contributed by atoms with Gasteiger partial charge in [-0.15, -0.1) is 24.0 Å². The molecular weight excluding hydrogens is 425 g/mol. The Morgan fingerprint density at radius 1 is 1.30 bits per heavy atom. The molecule has 1 unspecified atom stereocenters. The maximum absolute atomic E-state index is 10.6. The van der Waals surface area contributed by atoms with Gasteiger partial charge in [0.2, 0.25) is 0 Å². The highest BCUT2D eigenvalue weighted by Gasteiger charge is 2.25. The summed E-state index contributed by atoms with van der Waals surface area (Å²) in [6, 6.07) is 7.67. The molecule has 130 valence electrons. The Bertz CT molecular complexity index is 514. The lowest BCUT2D eigenvalue weighted by Crippen LogP contribution is -2.41. The van der Waals surface area contributed by atoms with Gasteiger partial charge in [0, 0.05) is 16.6 Å². The topological polar surface area (TPSA) is 70.6 Å². The van der Waals surface area contributed by atoms with Crippen LogP contribution < -0.4 is 11.1 Å². The summed E-state index contributed by atoms with van der Waals surface area (Å²) in [6.45, 7) is 1.89. The van der Waals surface area contributed by atoms with Gasteiger partial charge < -0.3 is 16.2 Å². The van der Waals surface area contributed by atoms with Crippen molar-refractivity contribution >= 4 is 41.5 Å². The van der Waals surface area contributed by atoms with Crippen LogP contribution in [-0.2, 0) is 5.60 Å². The molecule has 2 rings (SSSR count). The van der Waals surface area contributed by atoms with E-state index in [2.05, 4.69) is 10.3 Å². The Balaban J connectivity index is 0.00000264. The molecule has 6 heteroatoms. The number of nitrogens with one attached hydrogen (secondary N) is 1. The molecular formula is C17H27ClIN3O. The van der Waals surface area contributed by atoms with Crippen LogP contribution in [0.4, 0.5) is 0 Å². The van der Waals surface area contributed by atoms with Crippen molar-refractivity contribution in [2.75, 3.05) is 6.54 Å². The highest BCUT2D eigenvalue weighted by molar-refractivity contribution is 14.0. The predicted molar refractivity (Wildman–Crippen MR) is 108 cm³/mol. The molecule has 0 aromatic heterocycles. The van der Waals surface area contributed by atoms with Crippen molar-refractivity contribution in [1.29, 1.82) is 0 Å². The van der Waals surface area contributed by atoms with E-state index < -0.39 is 5.60 Å². The molecule has 0 radical (unpaired) electrons. The fourth-order valence-electron chi connectivity index (χ4n) is 2.90. The summed E-state index contributed by atoms with van der Waals surface area (Å²) in [6.07, 6.45) is 7.35. The Morgan fingerprint density at radius 3 is 2.52 bits per heavy atom. The first-order chi connectivity index (χ1) is 10.5. The first-order valence-corrected chi connectivity index (χ1v) is 8.41. The molecule has 0 amide bonds. The van der Waals surface area contributed by atoms with Crippen LogP contribution in [0.1, 0.15) is 51.0 Å². The average Bonchev–Trinajstić information content (AvgIpc) is 2.74. The molecule has 1 fully saturated rings. The smallest absolute Gasteiger partial charge is 0.188 e. The second-order valence-electron chi connectivity index (χ2n) is 6.29. The summed E-state index contributed by atoms with van der Waals surface area (Å²) >= 11 is 6.14. The van der Waals surface area contributed by atoms with Gasteiger partial charge in [0.15, 0.2) is 5.96 Å². The van der Waals surface area contributed by atoms with Gasteiger partial charge in [0.1, 0.15) is 5.60 Å². The Kier molecular flexibility index (Phi) is 8.64. The van der Waals surface area contributed by atoms with Crippen molar-refractivity contribution in [3.8, 4) is 0 Å². The summed E-state index contributed by atoms with van der Waals surface area (Å²) in [5, 5.41) is 14.4. The summed E-state index contributed by atoms with van der Waals surface area (Å²) in [5.41, 5.74) is 5.51. The van der Waals surface area contributed by atoms with Gasteiger partial charge in [0.05, 0.1) is 6.54 Å². The number of benzene rings is 1. The van der Waals surface area contributed by atoms with E-state index in [0.29, 0.717) is 22.6 Å². The number of hydrogen-bond donors (Lipinski definition) is 3. The van der Waals surface area contributed by atoms with Gasteiger partial charge in [-0.1, -0.05) is 55.5 Å². The second-order valence-corrected chi connectivity index (χ2v) is 6.70. The minimum absolute atomic E-state index is 0. The van der Waals surface area contributed by atoms with Crippen molar-refractivity contribution in [3.05, 3.63) is 34.9 Å². The van der Waals surface area contributed by atoms with Crippen LogP contribution in [0.3, 0.4) is 0 Å². The fraction of sp³-hybridized carbons (Fsp3) is 0.588. The molecule has 0 spiro atoms. The van der Waals surface area contributed by atoms with Crippen LogP contribution in [0.25, 0.3) is 0 Å². The summed E-state index contributed by atoms with van der Waals surface area (Å²) in [5.74, 6) is 0.402. The van der Waals surface area contributed by atoms with Crippen molar-refractivity contribution in [2.24, 2.45) is 10.7 Å². The van der Waals surface area contributed by atoms with Crippen molar-refractivity contribution in [2.45, 2.75) is 57.1 Å². The standard InChI is InChI=1S/C17H26ClN3O.HI/c1-17(22,14-10-6-7-11-15(14)18)12-20-16(19)21-13-8-4-2-3-5-9-13;/h6-7,10-11,13,22H,2-5,8-9,12H2,1H3,(H3,19,20,21);1H. The molecule has 4 N–H and O–H groups in total. The second kappa shape index (κ2) is 9.69. The molecule has 0 bridgehead atoms. The molecule has 4 nitrogen and oxygen atoms in total. The minimum Gasteiger partial charge on any atom is -0.383 e.